The number of nitro benzene ring substituents is 1. The summed E-state index contributed by atoms with van der Waals surface area (Å²) in [6, 6.07) is 12.7. The Morgan fingerprint density at radius 1 is 1.22 bits per heavy atom. The normalized spacial score (nSPS) is 18.4. The number of nitrogens with zero attached hydrogens (tertiary/aromatic N) is 2. The minimum atomic E-state index is -0.417. The maximum Gasteiger partial charge on any atom is 0.279 e. The quantitative estimate of drug-likeness (QED) is 0.688. The van der Waals surface area contributed by atoms with E-state index in [2.05, 4.69) is 10.5 Å². The van der Waals surface area contributed by atoms with E-state index in [0.717, 1.165) is 10.6 Å². The molecule has 2 aliphatic rings. The SMILES string of the molecule is O=[N+]([O-])c1cc2c(cc1[C@H]1NN=C(c3ccccc3)S1)OCO2. The number of hydrogen-bond donors (Lipinski definition) is 1. The van der Waals surface area contributed by atoms with Crippen LogP contribution in [-0.4, -0.2) is 16.8 Å². The fourth-order valence-corrected chi connectivity index (χ4v) is 3.47. The summed E-state index contributed by atoms with van der Waals surface area (Å²) < 4.78 is 10.5. The van der Waals surface area contributed by atoms with Crippen LogP contribution in [0.5, 0.6) is 11.5 Å². The number of nitro groups is 1. The van der Waals surface area contributed by atoms with Gasteiger partial charge in [-0.2, -0.15) is 5.10 Å². The lowest BCUT2D eigenvalue weighted by atomic mass is 10.1. The monoisotopic (exact) mass is 329 g/mol. The first kappa shape index (κ1) is 13.9. The molecule has 0 unspecified atom stereocenters. The van der Waals surface area contributed by atoms with Gasteiger partial charge in [0.1, 0.15) is 10.4 Å². The minimum Gasteiger partial charge on any atom is -0.454 e. The van der Waals surface area contributed by atoms with Crippen molar-refractivity contribution >= 4 is 22.5 Å². The second kappa shape index (κ2) is 5.47. The Morgan fingerprint density at radius 2 is 1.96 bits per heavy atom. The number of ether oxygens (including phenoxy) is 2. The fourth-order valence-electron chi connectivity index (χ4n) is 2.44. The van der Waals surface area contributed by atoms with E-state index in [-0.39, 0.29) is 17.9 Å². The van der Waals surface area contributed by atoms with E-state index in [1.54, 1.807) is 6.07 Å². The van der Waals surface area contributed by atoms with Crippen molar-refractivity contribution in [3.8, 4) is 11.5 Å². The molecule has 2 heterocycles. The van der Waals surface area contributed by atoms with Crippen molar-refractivity contribution in [3.63, 3.8) is 0 Å². The summed E-state index contributed by atoms with van der Waals surface area (Å²) in [5.74, 6) is 0.911. The van der Waals surface area contributed by atoms with Gasteiger partial charge in [0.2, 0.25) is 6.79 Å². The third kappa shape index (κ3) is 2.46. The zero-order valence-electron chi connectivity index (χ0n) is 11.8. The van der Waals surface area contributed by atoms with Crippen molar-refractivity contribution in [2.45, 2.75) is 5.37 Å². The Hall–Kier alpha value is -2.74. The molecule has 0 aromatic heterocycles. The molecule has 0 saturated heterocycles. The molecule has 116 valence electrons. The van der Waals surface area contributed by atoms with Gasteiger partial charge in [-0.05, 0) is 6.07 Å². The highest BCUT2D eigenvalue weighted by Crippen LogP contribution is 2.44. The molecule has 0 radical (unpaired) electrons. The van der Waals surface area contributed by atoms with Gasteiger partial charge < -0.3 is 9.47 Å². The summed E-state index contributed by atoms with van der Waals surface area (Å²) in [6.07, 6.45) is 0. The Kier molecular flexibility index (Phi) is 3.30. The molecule has 7 nitrogen and oxygen atoms in total. The number of benzene rings is 2. The van der Waals surface area contributed by atoms with Crippen LogP contribution in [0, 0.1) is 10.1 Å². The zero-order chi connectivity index (χ0) is 15.8. The van der Waals surface area contributed by atoms with Crippen molar-refractivity contribution in [2.75, 3.05) is 6.79 Å². The highest BCUT2D eigenvalue weighted by molar-refractivity contribution is 8.14. The Labute approximate surface area is 135 Å². The predicted octanol–water partition coefficient (Wildman–Crippen LogP) is 3.02. The topological polar surface area (TPSA) is 86.0 Å². The number of thioether (sulfide) groups is 1. The second-order valence-electron chi connectivity index (χ2n) is 4.93. The van der Waals surface area contributed by atoms with Crippen molar-refractivity contribution in [1.82, 2.24) is 5.43 Å². The number of rotatable bonds is 3. The van der Waals surface area contributed by atoms with Crippen LogP contribution in [0.15, 0.2) is 47.6 Å². The molecular formula is C15H11N3O4S. The molecule has 1 N–H and O–H groups in total. The predicted molar refractivity (Wildman–Crippen MR) is 85.7 cm³/mol. The lowest BCUT2D eigenvalue weighted by Gasteiger charge is -2.11. The highest BCUT2D eigenvalue weighted by atomic mass is 32.2. The van der Waals surface area contributed by atoms with Crippen molar-refractivity contribution in [1.29, 1.82) is 0 Å². The van der Waals surface area contributed by atoms with Crippen LogP contribution in [0.1, 0.15) is 16.5 Å². The van der Waals surface area contributed by atoms with Gasteiger partial charge in [0, 0.05) is 5.56 Å². The van der Waals surface area contributed by atoms with E-state index in [1.807, 2.05) is 30.3 Å². The third-order valence-corrected chi connectivity index (χ3v) is 4.68. The Morgan fingerprint density at radius 3 is 2.70 bits per heavy atom. The Balaban J connectivity index is 1.66. The second-order valence-corrected chi connectivity index (χ2v) is 6.03. The average molecular weight is 329 g/mol. The first-order valence-corrected chi connectivity index (χ1v) is 7.73. The molecule has 2 aliphatic heterocycles. The molecule has 0 spiro atoms. The first-order valence-electron chi connectivity index (χ1n) is 6.85. The van der Waals surface area contributed by atoms with Crippen LogP contribution in [-0.2, 0) is 0 Å². The molecule has 1 atom stereocenters. The highest BCUT2D eigenvalue weighted by Gasteiger charge is 2.31. The van der Waals surface area contributed by atoms with E-state index >= 15 is 0 Å². The van der Waals surface area contributed by atoms with Gasteiger partial charge >= 0.3 is 0 Å². The summed E-state index contributed by atoms with van der Waals surface area (Å²) in [7, 11) is 0. The van der Waals surface area contributed by atoms with E-state index in [4.69, 9.17) is 9.47 Å². The van der Waals surface area contributed by atoms with E-state index in [1.165, 1.54) is 17.8 Å². The van der Waals surface area contributed by atoms with Crippen molar-refractivity contribution < 1.29 is 14.4 Å². The molecule has 23 heavy (non-hydrogen) atoms. The smallest absolute Gasteiger partial charge is 0.279 e. The number of fused-ring (bicyclic) bond motifs is 1. The molecule has 0 fully saturated rings. The number of nitrogens with one attached hydrogen (secondary N) is 1. The van der Waals surface area contributed by atoms with Crippen LogP contribution >= 0.6 is 11.8 Å². The summed E-state index contributed by atoms with van der Waals surface area (Å²) in [5.41, 5.74) is 4.43. The summed E-state index contributed by atoms with van der Waals surface area (Å²) in [5, 5.41) is 16.1. The molecule has 0 bridgehead atoms. The summed E-state index contributed by atoms with van der Waals surface area (Å²) in [6.45, 7) is 0.0763. The average Bonchev–Trinajstić information content (AvgIpc) is 3.23. The van der Waals surface area contributed by atoms with E-state index in [9.17, 15) is 10.1 Å². The molecule has 8 heteroatoms. The molecule has 2 aromatic rings. The van der Waals surface area contributed by atoms with Crippen LogP contribution < -0.4 is 14.9 Å². The molecule has 2 aromatic carbocycles. The van der Waals surface area contributed by atoms with Gasteiger partial charge in [0.25, 0.3) is 5.69 Å². The van der Waals surface area contributed by atoms with Crippen LogP contribution in [0.4, 0.5) is 5.69 Å². The molecule has 4 rings (SSSR count). The largest absolute Gasteiger partial charge is 0.454 e. The maximum atomic E-state index is 11.4. The number of hydrogen-bond acceptors (Lipinski definition) is 7. The first-order chi connectivity index (χ1) is 11.2. The van der Waals surface area contributed by atoms with Crippen LogP contribution in [0.3, 0.4) is 0 Å². The minimum absolute atomic E-state index is 0.0104. The van der Waals surface area contributed by atoms with Gasteiger partial charge in [-0.25, -0.2) is 0 Å². The molecule has 0 aliphatic carbocycles. The molecular weight excluding hydrogens is 318 g/mol. The van der Waals surface area contributed by atoms with Crippen molar-refractivity contribution in [2.24, 2.45) is 5.10 Å². The van der Waals surface area contributed by atoms with Gasteiger partial charge in [-0.3, -0.25) is 15.5 Å². The number of hydrazone groups is 1. The van der Waals surface area contributed by atoms with Gasteiger partial charge in [0.05, 0.1) is 16.6 Å². The summed E-state index contributed by atoms with van der Waals surface area (Å²) >= 11 is 1.43. The van der Waals surface area contributed by atoms with Gasteiger partial charge in [-0.15, -0.1) is 0 Å². The van der Waals surface area contributed by atoms with E-state index in [0.29, 0.717) is 17.1 Å². The third-order valence-electron chi connectivity index (χ3n) is 3.53. The molecule has 0 amide bonds. The maximum absolute atomic E-state index is 11.4. The van der Waals surface area contributed by atoms with Gasteiger partial charge in [-0.1, -0.05) is 42.1 Å². The standard InChI is InChI=1S/C15H11N3O4S/c19-18(20)11-7-13-12(21-8-22-13)6-10(11)15-17-16-14(23-15)9-4-2-1-3-5-9/h1-7,15,17H,8H2/t15-/m0/s1. The van der Waals surface area contributed by atoms with Crippen LogP contribution in [0.25, 0.3) is 0 Å². The van der Waals surface area contributed by atoms with Gasteiger partial charge in [0.15, 0.2) is 11.5 Å². The van der Waals surface area contributed by atoms with Crippen molar-refractivity contribution in [3.05, 3.63) is 63.7 Å². The fraction of sp³-hybridized carbons (Fsp3) is 0.133. The molecule has 0 saturated carbocycles. The zero-order valence-corrected chi connectivity index (χ0v) is 12.6. The Bertz CT molecular complexity index is 810. The lowest BCUT2D eigenvalue weighted by molar-refractivity contribution is -0.385. The van der Waals surface area contributed by atoms with Crippen LogP contribution in [0.2, 0.25) is 0 Å². The summed E-state index contributed by atoms with van der Waals surface area (Å²) in [4.78, 5) is 10.9. The lowest BCUT2D eigenvalue weighted by Crippen LogP contribution is -2.09. The van der Waals surface area contributed by atoms with E-state index < -0.39 is 4.92 Å².